The summed E-state index contributed by atoms with van der Waals surface area (Å²) in [5, 5.41) is 8.79. The van der Waals surface area contributed by atoms with Crippen LogP contribution in [0.3, 0.4) is 0 Å². The van der Waals surface area contributed by atoms with Gasteiger partial charge in [-0.15, -0.1) is 0 Å². The Kier molecular flexibility index (Phi) is 4.98. The lowest BCUT2D eigenvalue weighted by Gasteiger charge is -2.03. The maximum absolute atomic E-state index is 8.79. The van der Waals surface area contributed by atoms with Crippen LogP contribution >= 0.6 is 0 Å². The molecule has 1 saturated heterocycles. The largest absolute Gasteiger partial charge is 0.394 e. The Balaban J connectivity index is 1.44. The van der Waals surface area contributed by atoms with Crippen LogP contribution in [0.25, 0.3) is 0 Å². The van der Waals surface area contributed by atoms with E-state index in [9.17, 15) is 0 Å². The molecule has 0 amide bonds. The first kappa shape index (κ1) is 12.6. The minimum Gasteiger partial charge on any atom is -0.394 e. The number of aliphatic hydroxyl groups is 1. The number of epoxide rings is 1. The van der Waals surface area contributed by atoms with Gasteiger partial charge in [-0.3, -0.25) is 0 Å². The molecule has 1 aromatic carbocycles. The Labute approximate surface area is 102 Å². The zero-order chi connectivity index (χ0) is 11.9. The van der Waals surface area contributed by atoms with Crippen molar-refractivity contribution in [3.63, 3.8) is 0 Å². The van der Waals surface area contributed by atoms with Crippen molar-refractivity contribution in [3.05, 3.63) is 35.9 Å². The number of ether oxygens (including phenoxy) is 2. The zero-order valence-corrected chi connectivity index (χ0v) is 10.0. The Morgan fingerprint density at radius 3 is 2.65 bits per heavy atom. The van der Waals surface area contributed by atoms with E-state index in [1.165, 1.54) is 5.56 Å². The van der Waals surface area contributed by atoms with Crippen LogP contribution in [0, 0.1) is 0 Å². The summed E-state index contributed by atoms with van der Waals surface area (Å²) in [5.74, 6) is 0. The van der Waals surface area contributed by atoms with E-state index in [1.54, 1.807) is 0 Å². The molecule has 0 spiro atoms. The molecule has 0 saturated carbocycles. The fourth-order valence-electron chi connectivity index (χ4n) is 1.91. The first-order valence-electron chi connectivity index (χ1n) is 6.28. The maximum Gasteiger partial charge on any atom is 0.107 e. The lowest BCUT2D eigenvalue weighted by Crippen LogP contribution is -2.00. The smallest absolute Gasteiger partial charge is 0.107 e. The van der Waals surface area contributed by atoms with Crippen molar-refractivity contribution < 1.29 is 14.6 Å². The molecule has 1 fully saturated rings. The van der Waals surface area contributed by atoms with Gasteiger partial charge in [-0.1, -0.05) is 30.3 Å². The third-order valence-electron chi connectivity index (χ3n) is 3.01. The van der Waals surface area contributed by atoms with E-state index in [-0.39, 0.29) is 12.7 Å². The second kappa shape index (κ2) is 6.74. The summed E-state index contributed by atoms with van der Waals surface area (Å²) >= 11 is 0. The van der Waals surface area contributed by atoms with Crippen LogP contribution in [0.15, 0.2) is 30.3 Å². The van der Waals surface area contributed by atoms with Gasteiger partial charge in [-0.2, -0.15) is 0 Å². The number of hydrogen-bond acceptors (Lipinski definition) is 3. The topological polar surface area (TPSA) is 42.0 Å². The third-order valence-corrected chi connectivity index (χ3v) is 3.01. The van der Waals surface area contributed by atoms with Crippen molar-refractivity contribution in [3.8, 4) is 0 Å². The van der Waals surface area contributed by atoms with Gasteiger partial charge in [-0.25, -0.2) is 0 Å². The zero-order valence-electron chi connectivity index (χ0n) is 10.0. The molecule has 3 heteroatoms. The van der Waals surface area contributed by atoms with Gasteiger partial charge in [0.25, 0.3) is 0 Å². The number of aliphatic hydroxyl groups excluding tert-OH is 1. The molecule has 1 N–H and O–H groups in total. The van der Waals surface area contributed by atoms with Crippen LogP contribution in [-0.4, -0.2) is 30.5 Å². The molecule has 17 heavy (non-hydrogen) atoms. The van der Waals surface area contributed by atoms with Gasteiger partial charge in [-0.05, 0) is 24.8 Å². The fourth-order valence-corrected chi connectivity index (χ4v) is 1.91. The second-order valence-electron chi connectivity index (χ2n) is 4.43. The summed E-state index contributed by atoms with van der Waals surface area (Å²) in [5.41, 5.74) is 1.22. The van der Waals surface area contributed by atoms with Crippen LogP contribution in [0.5, 0.6) is 0 Å². The highest BCUT2D eigenvalue weighted by molar-refractivity contribution is 5.13. The van der Waals surface area contributed by atoms with Gasteiger partial charge < -0.3 is 14.6 Å². The average Bonchev–Trinajstić information content (AvgIpc) is 3.13. The molecule has 0 aromatic heterocycles. The molecule has 94 valence electrons. The van der Waals surface area contributed by atoms with Crippen LogP contribution in [0.1, 0.15) is 24.8 Å². The summed E-state index contributed by atoms with van der Waals surface area (Å²) in [6.07, 6.45) is 3.62. The third kappa shape index (κ3) is 4.46. The molecule has 1 aliphatic rings. The van der Waals surface area contributed by atoms with Crippen LogP contribution in [0.2, 0.25) is 0 Å². The predicted octanol–water partition coefficient (Wildman–Crippen LogP) is 2.13. The average molecular weight is 236 g/mol. The number of hydrogen-bond donors (Lipinski definition) is 1. The Bertz CT molecular complexity index is 313. The standard InChI is InChI=1S/C14H20O3/c15-10-14-13(17-14)8-4-5-9-16-11-12-6-2-1-3-7-12/h1-3,6-7,13-15H,4-5,8-11H2/t13-,14-/m1/s1. The summed E-state index contributed by atoms with van der Waals surface area (Å²) < 4.78 is 10.8. The summed E-state index contributed by atoms with van der Waals surface area (Å²) in [6, 6.07) is 10.2. The minimum absolute atomic E-state index is 0.111. The quantitative estimate of drug-likeness (QED) is 0.555. The van der Waals surface area contributed by atoms with E-state index in [2.05, 4.69) is 12.1 Å². The van der Waals surface area contributed by atoms with Gasteiger partial charge in [0, 0.05) is 6.61 Å². The molecule has 0 bridgehead atoms. The maximum atomic E-state index is 8.79. The highest BCUT2D eigenvalue weighted by atomic mass is 16.6. The highest BCUT2D eigenvalue weighted by Gasteiger charge is 2.36. The van der Waals surface area contributed by atoms with Crippen LogP contribution in [-0.2, 0) is 16.1 Å². The summed E-state index contributed by atoms with van der Waals surface area (Å²) in [4.78, 5) is 0. The fraction of sp³-hybridized carbons (Fsp3) is 0.571. The number of benzene rings is 1. The Hall–Kier alpha value is -0.900. The predicted molar refractivity (Wildman–Crippen MR) is 65.7 cm³/mol. The molecule has 0 aliphatic carbocycles. The van der Waals surface area contributed by atoms with E-state index < -0.39 is 0 Å². The van der Waals surface area contributed by atoms with Gasteiger partial charge >= 0.3 is 0 Å². The monoisotopic (exact) mass is 236 g/mol. The summed E-state index contributed by atoms with van der Waals surface area (Å²) in [6.45, 7) is 1.65. The van der Waals surface area contributed by atoms with Crippen LogP contribution < -0.4 is 0 Å². The van der Waals surface area contributed by atoms with Gasteiger partial charge in [0.2, 0.25) is 0 Å². The molecule has 0 radical (unpaired) electrons. The number of unbranched alkanes of at least 4 members (excludes halogenated alkanes) is 1. The van der Waals surface area contributed by atoms with Crippen molar-refractivity contribution >= 4 is 0 Å². The lowest BCUT2D eigenvalue weighted by molar-refractivity contribution is 0.116. The Morgan fingerprint density at radius 1 is 1.12 bits per heavy atom. The first-order chi connectivity index (χ1) is 8.40. The molecule has 2 atom stereocenters. The molecule has 3 nitrogen and oxygen atoms in total. The lowest BCUT2D eigenvalue weighted by atomic mass is 10.1. The van der Waals surface area contributed by atoms with E-state index in [4.69, 9.17) is 14.6 Å². The van der Waals surface area contributed by atoms with Crippen LogP contribution in [0.4, 0.5) is 0 Å². The second-order valence-corrected chi connectivity index (χ2v) is 4.43. The Morgan fingerprint density at radius 2 is 1.94 bits per heavy atom. The molecule has 1 aliphatic heterocycles. The van der Waals surface area contributed by atoms with Crippen molar-refractivity contribution in [2.24, 2.45) is 0 Å². The molecule has 1 heterocycles. The minimum atomic E-state index is 0.111. The van der Waals surface area contributed by atoms with Crippen molar-refractivity contribution in [2.75, 3.05) is 13.2 Å². The van der Waals surface area contributed by atoms with Crippen molar-refractivity contribution in [2.45, 2.75) is 38.1 Å². The van der Waals surface area contributed by atoms with Crippen molar-refractivity contribution in [1.29, 1.82) is 0 Å². The van der Waals surface area contributed by atoms with Gasteiger partial charge in [0.05, 0.1) is 19.3 Å². The number of rotatable bonds is 8. The molecule has 2 rings (SSSR count). The SMILES string of the molecule is OC[C@H]1O[C@@H]1CCCCOCc1ccccc1. The normalized spacial score (nSPS) is 22.6. The van der Waals surface area contributed by atoms with E-state index in [0.717, 1.165) is 25.9 Å². The van der Waals surface area contributed by atoms with Gasteiger partial charge in [0.15, 0.2) is 0 Å². The summed E-state index contributed by atoms with van der Waals surface area (Å²) in [7, 11) is 0. The molecular formula is C14H20O3. The van der Waals surface area contributed by atoms with Crippen molar-refractivity contribution in [1.82, 2.24) is 0 Å². The molecule has 1 aromatic rings. The molecular weight excluding hydrogens is 216 g/mol. The van der Waals surface area contributed by atoms with Gasteiger partial charge in [0.1, 0.15) is 6.10 Å². The molecule has 0 unspecified atom stereocenters. The van der Waals surface area contributed by atoms with E-state index >= 15 is 0 Å². The first-order valence-corrected chi connectivity index (χ1v) is 6.28. The highest BCUT2D eigenvalue weighted by Crippen LogP contribution is 2.26. The van der Waals surface area contributed by atoms with E-state index in [0.29, 0.717) is 12.7 Å². The van der Waals surface area contributed by atoms with E-state index in [1.807, 2.05) is 18.2 Å².